The van der Waals surface area contributed by atoms with Crippen LogP contribution in [-0.2, 0) is 23.8 Å². The third-order valence-electron chi connectivity index (χ3n) is 7.60. The van der Waals surface area contributed by atoms with Crippen molar-refractivity contribution in [1.29, 1.82) is 0 Å². The van der Waals surface area contributed by atoms with E-state index in [1.165, 1.54) is 0 Å². The van der Waals surface area contributed by atoms with Gasteiger partial charge in [-0.05, 0) is 6.42 Å². The predicted octanol–water partition coefficient (Wildman–Crippen LogP) is -3.14. The summed E-state index contributed by atoms with van der Waals surface area (Å²) in [6.45, 7) is 7.28. The molecule has 4 aliphatic heterocycles. The first-order chi connectivity index (χ1) is 18.8. The number of β-amino-alcohol motifs (C(OH)–C–C–N with tert-alkyl or cyclic N) is 3. The number of urea groups is 1. The van der Waals surface area contributed by atoms with E-state index < -0.39 is 42.1 Å². The van der Waals surface area contributed by atoms with Gasteiger partial charge in [-0.2, -0.15) is 0 Å². The summed E-state index contributed by atoms with van der Waals surface area (Å²) in [5.74, 6) is -2.75. The van der Waals surface area contributed by atoms with Gasteiger partial charge in [0, 0.05) is 58.9 Å². The zero-order valence-corrected chi connectivity index (χ0v) is 22.6. The van der Waals surface area contributed by atoms with E-state index >= 15 is 0 Å². The lowest BCUT2D eigenvalue weighted by Crippen LogP contribution is -2.63. The lowest BCUT2D eigenvalue weighted by Gasteiger charge is -2.40. The summed E-state index contributed by atoms with van der Waals surface area (Å²) >= 11 is 0. The molecule has 14 nitrogen and oxygen atoms in total. The highest BCUT2D eigenvalue weighted by atomic mass is 16.5. The van der Waals surface area contributed by atoms with Crippen LogP contribution in [0.1, 0.15) is 6.42 Å². The van der Waals surface area contributed by atoms with E-state index in [9.17, 15) is 29.7 Å². The second-order valence-corrected chi connectivity index (χ2v) is 10.7. The Labute approximate surface area is 228 Å². The zero-order valence-electron chi connectivity index (χ0n) is 22.6. The molecule has 39 heavy (non-hydrogen) atoms. The second kappa shape index (κ2) is 14.8. The zero-order chi connectivity index (χ0) is 27.8. The van der Waals surface area contributed by atoms with Crippen molar-refractivity contribution in [2.75, 3.05) is 112 Å². The molecule has 0 saturated carbocycles. The number of imide groups is 2. The van der Waals surface area contributed by atoms with Crippen molar-refractivity contribution >= 4 is 17.8 Å². The van der Waals surface area contributed by atoms with Crippen LogP contribution in [0.3, 0.4) is 0 Å². The molecule has 4 fully saturated rings. The molecule has 3 unspecified atom stereocenters. The molecular weight excluding hydrogens is 514 g/mol. The summed E-state index contributed by atoms with van der Waals surface area (Å²) < 4.78 is 16.0. The van der Waals surface area contributed by atoms with Gasteiger partial charge in [-0.1, -0.05) is 0 Å². The number of nitrogens with zero attached hydrogens (tertiary/aromatic N) is 5. The van der Waals surface area contributed by atoms with Crippen molar-refractivity contribution < 1.29 is 43.9 Å². The fourth-order valence-electron chi connectivity index (χ4n) is 5.48. The smallest absolute Gasteiger partial charge is 0.333 e. The fraction of sp³-hybridized carbons (Fsp3) is 0.880. The van der Waals surface area contributed by atoms with E-state index in [0.717, 1.165) is 9.80 Å². The van der Waals surface area contributed by atoms with Crippen LogP contribution in [0.2, 0.25) is 0 Å². The van der Waals surface area contributed by atoms with Crippen molar-refractivity contribution in [3.05, 3.63) is 0 Å². The maximum absolute atomic E-state index is 13.4. The molecule has 0 aromatic heterocycles. The molecule has 4 aliphatic rings. The standard InChI is InChI=1S/C25H43N5O9/c31-19(14-26-1-7-37-8-2-26)13-22-23(34)29(17-20(32)15-27-3-9-38-10-4-27)25(36)30(24(22)35)18-21(33)16-28-5-11-39-12-6-28/h19-22,31-33H,1-18H2. The first-order valence-corrected chi connectivity index (χ1v) is 13.9. The maximum Gasteiger partial charge on any atom is 0.333 e. The normalized spacial score (nSPS) is 27.2. The minimum atomic E-state index is -1.29. The number of aliphatic hydroxyl groups excluding tert-OH is 3. The van der Waals surface area contributed by atoms with E-state index in [-0.39, 0.29) is 39.1 Å². The fourth-order valence-corrected chi connectivity index (χ4v) is 5.48. The number of hydrogen-bond donors (Lipinski definition) is 3. The summed E-state index contributed by atoms with van der Waals surface area (Å²) in [4.78, 5) is 48.0. The van der Waals surface area contributed by atoms with Crippen LogP contribution in [0, 0.1) is 5.92 Å². The van der Waals surface area contributed by atoms with Gasteiger partial charge in [-0.25, -0.2) is 4.79 Å². The van der Waals surface area contributed by atoms with Crippen molar-refractivity contribution in [1.82, 2.24) is 24.5 Å². The van der Waals surface area contributed by atoms with Crippen molar-refractivity contribution in [3.63, 3.8) is 0 Å². The summed E-state index contributed by atoms with van der Waals surface area (Å²) in [7, 11) is 0. The van der Waals surface area contributed by atoms with Gasteiger partial charge < -0.3 is 29.5 Å². The van der Waals surface area contributed by atoms with Crippen molar-refractivity contribution in [2.45, 2.75) is 24.7 Å². The number of ether oxygens (including phenoxy) is 3. The lowest BCUT2D eigenvalue weighted by molar-refractivity contribution is -0.153. The van der Waals surface area contributed by atoms with Gasteiger partial charge in [0.05, 0.1) is 71.0 Å². The van der Waals surface area contributed by atoms with Crippen LogP contribution in [0.5, 0.6) is 0 Å². The molecule has 3 atom stereocenters. The largest absolute Gasteiger partial charge is 0.392 e. The SMILES string of the molecule is O=C1C(CC(O)CN2CCOCC2)C(=O)N(CC(O)CN2CCOCC2)C(=O)N1CC(O)CN1CCOCC1. The highest BCUT2D eigenvalue weighted by Crippen LogP contribution is 2.24. The van der Waals surface area contributed by atoms with Crippen LogP contribution in [0.4, 0.5) is 4.79 Å². The topological polar surface area (TPSA) is 156 Å². The van der Waals surface area contributed by atoms with Gasteiger partial charge in [0.1, 0.15) is 5.92 Å². The number of hydrogen-bond acceptors (Lipinski definition) is 12. The Bertz CT molecular complexity index is 695. The Kier molecular flexibility index (Phi) is 11.4. The average molecular weight is 558 g/mol. The predicted molar refractivity (Wildman–Crippen MR) is 137 cm³/mol. The number of barbiturate groups is 1. The van der Waals surface area contributed by atoms with Crippen LogP contribution < -0.4 is 0 Å². The Morgan fingerprint density at radius 3 is 1.26 bits per heavy atom. The average Bonchev–Trinajstić information content (AvgIpc) is 2.93. The molecule has 4 saturated heterocycles. The maximum atomic E-state index is 13.4. The monoisotopic (exact) mass is 557 g/mol. The van der Waals surface area contributed by atoms with E-state index in [1.54, 1.807) is 0 Å². The van der Waals surface area contributed by atoms with Crippen molar-refractivity contribution in [2.24, 2.45) is 5.92 Å². The molecule has 0 bridgehead atoms. The minimum Gasteiger partial charge on any atom is -0.392 e. The van der Waals surface area contributed by atoms with Crippen LogP contribution in [0.25, 0.3) is 0 Å². The second-order valence-electron chi connectivity index (χ2n) is 10.7. The van der Waals surface area contributed by atoms with Gasteiger partial charge in [-0.15, -0.1) is 0 Å². The molecule has 0 aliphatic carbocycles. The van der Waals surface area contributed by atoms with Gasteiger partial charge in [-0.3, -0.25) is 34.1 Å². The van der Waals surface area contributed by atoms with Crippen LogP contribution >= 0.6 is 0 Å². The molecule has 222 valence electrons. The Hall–Kier alpha value is -1.75. The first kappa shape index (κ1) is 30.2. The summed E-state index contributed by atoms with van der Waals surface area (Å²) in [5.41, 5.74) is 0. The molecule has 0 spiro atoms. The summed E-state index contributed by atoms with van der Waals surface area (Å²) in [6.07, 6.45) is -3.19. The Morgan fingerprint density at radius 2 is 0.897 bits per heavy atom. The number of amides is 4. The molecule has 4 rings (SSSR count). The molecule has 14 heteroatoms. The number of carbonyl (C=O) groups excluding carboxylic acids is 3. The van der Waals surface area contributed by atoms with E-state index in [2.05, 4.69) is 0 Å². The lowest BCUT2D eigenvalue weighted by atomic mass is 9.95. The highest BCUT2D eigenvalue weighted by Gasteiger charge is 2.47. The molecule has 4 amide bonds. The molecular formula is C25H43N5O9. The quantitative estimate of drug-likeness (QED) is 0.208. The molecule has 4 heterocycles. The molecule has 0 aromatic rings. The van der Waals surface area contributed by atoms with Gasteiger partial charge in [0.15, 0.2) is 0 Å². The van der Waals surface area contributed by atoms with E-state index in [1.807, 2.05) is 14.7 Å². The van der Waals surface area contributed by atoms with Crippen LogP contribution in [0.15, 0.2) is 0 Å². The van der Waals surface area contributed by atoms with Gasteiger partial charge in [0.25, 0.3) is 0 Å². The summed E-state index contributed by atoms with van der Waals surface area (Å²) in [5, 5.41) is 32.3. The first-order valence-electron chi connectivity index (χ1n) is 13.9. The number of carbonyl (C=O) groups is 3. The molecule has 0 aromatic carbocycles. The number of morpholine rings is 3. The third kappa shape index (κ3) is 8.62. The van der Waals surface area contributed by atoms with Gasteiger partial charge in [0.2, 0.25) is 11.8 Å². The third-order valence-corrected chi connectivity index (χ3v) is 7.60. The molecule has 0 radical (unpaired) electrons. The Morgan fingerprint density at radius 1 is 0.564 bits per heavy atom. The minimum absolute atomic E-state index is 0.158. The van der Waals surface area contributed by atoms with E-state index in [4.69, 9.17) is 14.2 Å². The summed E-state index contributed by atoms with van der Waals surface area (Å²) in [6, 6.07) is -0.856. The number of rotatable bonds is 12. The molecule has 3 N–H and O–H groups in total. The number of aliphatic hydroxyl groups is 3. The van der Waals surface area contributed by atoms with E-state index in [0.29, 0.717) is 78.9 Å². The van der Waals surface area contributed by atoms with Crippen LogP contribution in [-0.4, -0.2) is 188 Å². The van der Waals surface area contributed by atoms with Crippen molar-refractivity contribution in [3.8, 4) is 0 Å². The van der Waals surface area contributed by atoms with Gasteiger partial charge >= 0.3 is 6.03 Å². The highest BCUT2D eigenvalue weighted by molar-refractivity contribution is 6.16. The Balaban J connectivity index is 1.43.